The van der Waals surface area contributed by atoms with Crippen LogP contribution in [0.5, 0.6) is 0 Å². The summed E-state index contributed by atoms with van der Waals surface area (Å²) in [4.78, 5) is 26.0. The van der Waals surface area contributed by atoms with Crippen molar-refractivity contribution < 1.29 is 14.7 Å². The second kappa shape index (κ2) is 7.82. The van der Waals surface area contributed by atoms with Gasteiger partial charge in [-0.25, -0.2) is 4.79 Å². The Kier molecular flexibility index (Phi) is 5.49. The number of nitrogens with zero attached hydrogens (tertiary/aromatic N) is 1. The lowest BCUT2D eigenvalue weighted by Crippen LogP contribution is -2.44. The number of aliphatic carboxylic acids is 1. The predicted octanol–water partition coefficient (Wildman–Crippen LogP) is 3.89. The van der Waals surface area contributed by atoms with Crippen molar-refractivity contribution in [1.29, 1.82) is 0 Å². The summed E-state index contributed by atoms with van der Waals surface area (Å²) in [6, 6.07) is 17.6. The molecule has 5 heteroatoms. The van der Waals surface area contributed by atoms with E-state index in [0.29, 0.717) is 25.8 Å². The van der Waals surface area contributed by atoms with Crippen molar-refractivity contribution in [3.63, 3.8) is 0 Å². The van der Waals surface area contributed by atoms with Gasteiger partial charge in [0, 0.05) is 19.6 Å². The molecule has 0 radical (unpaired) electrons. The maximum absolute atomic E-state index is 12.2. The number of urea groups is 1. The molecule has 0 bridgehead atoms. The number of nitrogens with one attached hydrogen (secondary N) is 1. The quantitative estimate of drug-likeness (QED) is 0.843. The summed E-state index contributed by atoms with van der Waals surface area (Å²) < 4.78 is 0. The van der Waals surface area contributed by atoms with Gasteiger partial charge < -0.3 is 15.3 Å². The van der Waals surface area contributed by atoms with E-state index in [4.69, 9.17) is 0 Å². The summed E-state index contributed by atoms with van der Waals surface area (Å²) in [5.41, 5.74) is 2.03. The Morgan fingerprint density at radius 2 is 1.74 bits per heavy atom. The van der Waals surface area contributed by atoms with Gasteiger partial charge >= 0.3 is 12.0 Å². The number of amides is 2. The van der Waals surface area contributed by atoms with Crippen molar-refractivity contribution in [2.24, 2.45) is 0 Å². The molecule has 0 saturated heterocycles. The van der Waals surface area contributed by atoms with Gasteiger partial charge in [0.05, 0.1) is 5.41 Å². The Balaban J connectivity index is 1.84. The lowest BCUT2D eigenvalue weighted by Gasteiger charge is -2.28. The van der Waals surface area contributed by atoms with Crippen LogP contribution in [0.1, 0.15) is 31.7 Å². The van der Waals surface area contributed by atoms with Gasteiger partial charge in [0.15, 0.2) is 0 Å². The third-order valence-electron chi connectivity index (χ3n) is 5.64. The molecule has 1 aliphatic carbocycles. The van der Waals surface area contributed by atoms with Crippen LogP contribution in [0.25, 0.3) is 11.1 Å². The zero-order valence-corrected chi connectivity index (χ0v) is 15.8. The molecule has 0 spiro atoms. The number of carboxylic acid groups (broad SMARTS) is 1. The van der Waals surface area contributed by atoms with Crippen LogP contribution in [-0.2, 0) is 10.2 Å². The van der Waals surface area contributed by atoms with Crippen LogP contribution in [0.4, 0.5) is 4.79 Å². The van der Waals surface area contributed by atoms with Crippen molar-refractivity contribution in [3.05, 3.63) is 60.2 Å². The highest BCUT2D eigenvalue weighted by Crippen LogP contribution is 2.43. The number of carboxylic acids is 1. The van der Waals surface area contributed by atoms with E-state index in [1.54, 1.807) is 11.9 Å². The summed E-state index contributed by atoms with van der Waals surface area (Å²) >= 11 is 0. The van der Waals surface area contributed by atoms with Gasteiger partial charge in [0.25, 0.3) is 0 Å². The van der Waals surface area contributed by atoms with E-state index in [0.717, 1.165) is 16.7 Å². The standard InChI is InChI=1S/C22H26N2O3/c1-3-23-21(27)24(2)19-13-14-22(15-19,20(25)26)18-11-9-17(10-12-18)16-7-5-4-6-8-16/h4-12,19H,3,13-15H2,1-2H3,(H,23,27)(H,25,26)/t19-,22+/m0/s1. The molecule has 142 valence electrons. The molecule has 3 rings (SSSR count). The maximum atomic E-state index is 12.2. The molecular weight excluding hydrogens is 340 g/mol. The molecule has 0 aliphatic heterocycles. The number of hydrogen-bond acceptors (Lipinski definition) is 2. The molecule has 2 N–H and O–H groups in total. The molecule has 5 nitrogen and oxygen atoms in total. The Labute approximate surface area is 160 Å². The molecule has 2 aromatic rings. The van der Waals surface area contributed by atoms with E-state index in [-0.39, 0.29) is 12.1 Å². The predicted molar refractivity (Wildman–Crippen MR) is 106 cm³/mol. The molecule has 0 heterocycles. The monoisotopic (exact) mass is 366 g/mol. The Hall–Kier alpha value is -2.82. The van der Waals surface area contributed by atoms with E-state index in [9.17, 15) is 14.7 Å². The third-order valence-corrected chi connectivity index (χ3v) is 5.64. The van der Waals surface area contributed by atoms with Crippen molar-refractivity contribution in [2.75, 3.05) is 13.6 Å². The lowest BCUT2D eigenvalue weighted by atomic mass is 9.78. The van der Waals surface area contributed by atoms with Gasteiger partial charge in [-0.3, -0.25) is 4.79 Å². The van der Waals surface area contributed by atoms with Gasteiger partial charge in [-0.05, 0) is 42.9 Å². The minimum absolute atomic E-state index is 0.0820. The first-order valence-corrected chi connectivity index (χ1v) is 9.38. The highest BCUT2D eigenvalue weighted by atomic mass is 16.4. The Morgan fingerprint density at radius 1 is 1.11 bits per heavy atom. The van der Waals surface area contributed by atoms with E-state index < -0.39 is 11.4 Å². The fraction of sp³-hybridized carbons (Fsp3) is 0.364. The van der Waals surface area contributed by atoms with Gasteiger partial charge in [-0.2, -0.15) is 0 Å². The number of benzene rings is 2. The Morgan fingerprint density at radius 3 is 2.33 bits per heavy atom. The maximum Gasteiger partial charge on any atom is 0.317 e. The fourth-order valence-electron chi connectivity index (χ4n) is 3.98. The van der Waals surface area contributed by atoms with Crippen molar-refractivity contribution in [1.82, 2.24) is 10.2 Å². The summed E-state index contributed by atoms with van der Waals surface area (Å²) in [7, 11) is 1.74. The molecule has 1 fully saturated rings. The SMILES string of the molecule is CCNC(=O)N(C)[C@H]1CC[C@](C(=O)O)(c2ccc(-c3ccccc3)cc2)C1. The van der Waals surface area contributed by atoms with Gasteiger partial charge in [0.2, 0.25) is 0 Å². The summed E-state index contributed by atoms with van der Waals surface area (Å²) in [6.07, 6.45) is 1.64. The van der Waals surface area contributed by atoms with Crippen LogP contribution < -0.4 is 5.32 Å². The zero-order valence-electron chi connectivity index (χ0n) is 15.8. The van der Waals surface area contributed by atoms with Crippen LogP contribution in [0, 0.1) is 0 Å². The topological polar surface area (TPSA) is 69.6 Å². The van der Waals surface area contributed by atoms with Crippen LogP contribution in [0.3, 0.4) is 0 Å². The highest BCUT2D eigenvalue weighted by molar-refractivity contribution is 5.83. The first kappa shape index (κ1) is 19.0. The second-order valence-electron chi connectivity index (χ2n) is 7.17. The van der Waals surface area contributed by atoms with Crippen molar-refractivity contribution in [3.8, 4) is 11.1 Å². The smallest absolute Gasteiger partial charge is 0.317 e. The third kappa shape index (κ3) is 3.68. The first-order valence-electron chi connectivity index (χ1n) is 9.38. The molecule has 1 aliphatic rings. The summed E-state index contributed by atoms with van der Waals surface area (Å²) in [5.74, 6) is -0.818. The molecule has 2 aromatic carbocycles. The number of carbonyl (C=O) groups is 2. The highest BCUT2D eigenvalue weighted by Gasteiger charge is 2.48. The normalized spacial score (nSPS) is 21.6. The van der Waals surface area contributed by atoms with E-state index in [1.807, 2.05) is 61.5 Å². The number of carbonyl (C=O) groups excluding carboxylic acids is 1. The largest absolute Gasteiger partial charge is 0.481 e. The molecule has 2 atom stereocenters. The number of hydrogen-bond donors (Lipinski definition) is 2. The van der Waals surface area contributed by atoms with E-state index in [2.05, 4.69) is 5.32 Å². The molecule has 0 unspecified atom stereocenters. The summed E-state index contributed by atoms with van der Waals surface area (Å²) in [5, 5.41) is 12.8. The molecule has 27 heavy (non-hydrogen) atoms. The second-order valence-corrected chi connectivity index (χ2v) is 7.17. The van der Waals surface area contributed by atoms with Crippen molar-refractivity contribution >= 4 is 12.0 Å². The van der Waals surface area contributed by atoms with Gasteiger partial charge in [0.1, 0.15) is 0 Å². The Bertz CT molecular complexity index is 804. The van der Waals surface area contributed by atoms with E-state index >= 15 is 0 Å². The average Bonchev–Trinajstić information content (AvgIpc) is 3.15. The van der Waals surface area contributed by atoms with Crippen LogP contribution in [0.2, 0.25) is 0 Å². The van der Waals surface area contributed by atoms with Gasteiger partial charge in [-0.15, -0.1) is 0 Å². The van der Waals surface area contributed by atoms with Crippen molar-refractivity contribution in [2.45, 2.75) is 37.6 Å². The van der Waals surface area contributed by atoms with Crippen LogP contribution in [0.15, 0.2) is 54.6 Å². The molecule has 2 amide bonds. The van der Waals surface area contributed by atoms with Crippen LogP contribution >= 0.6 is 0 Å². The minimum Gasteiger partial charge on any atom is -0.481 e. The van der Waals surface area contributed by atoms with E-state index in [1.165, 1.54) is 0 Å². The molecular formula is C22H26N2O3. The van der Waals surface area contributed by atoms with Gasteiger partial charge in [-0.1, -0.05) is 54.6 Å². The minimum atomic E-state index is -0.944. The fourth-order valence-corrected chi connectivity index (χ4v) is 3.98. The zero-order chi connectivity index (χ0) is 19.4. The molecule has 1 saturated carbocycles. The first-order chi connectivity index (χ1) is 13.0. The number of rotatable bonds is 5. The lowest BCUT2D eigenvalue weighted by molar-refractivity contribution is -0.143. The summed E-state index contributed by atoms with van der Waals surface area (Å²) in [6.45, 7) is 2.43. The molecule has 0 aromatic heterocycles. The average molecular weight is 366 g/mol. The van der Waals surface area contributed by atoms with Crippen LogP contribution in [-0.4, -0.2) is 41.6 Å².